The zero-order chi connectivity index (χ0) is 25.6. The summed E-state index contributed by atoms with van der Waals surface area (Å²) in [6.07, 6.45) is 6.64. The van der Waals surface area contributed by atoms with Crippen LogP contribution in [0.4, 0.5) is 8.78 Å². The maximum absolute atomic E-state index is 14.0. The zero-order valence-corrected chi connectivity index (χ0v) is 24.7. The molecule has 0 amide bonds. The van der Waals surface area contributed by atoms with Crippen LogP contribution in [0.2, 0.25) is 0 Å². The maximum Gasteiger partial charge on any atom is 0.132 e. The van der Waals surface area contributed by atoms with Gasteiger partial charge in [-0.2, -0.15) is 0 Å². The van der Waals surface area contributed by atoms with Crippen molar-refractivity contribution >= 4 is 0 Å². The Balaban J connectivity index is 0.00000456. The fourth-order valence-corrected chi connectivity index (χ4v) is 5.35. The van der Waals surface area contributed by atoms with Crippen LogP contribution in [0.1, 0.15) is 61.0 Å². The minimum absolute atomic E-state index is 0. The van der Waals surface area contributed by atoms with Crippen molar-refractivity contribution in [1.82, 2.24) is 0 Å². The van der Waals surface area contributed by atoms with Crippen molar-refractivity contribution in [1.29, 1.82) is 0 Å². The van der Waals surface area contributed by atoms with E-state index in [0.717, 1.165) is 30.4 Å². The molecule has 1 aliphatic carbocycles. The van der Waals surface area contributed by atoms with Gasteiger partial charge in [0, 0.05) is 12.2 Å². The highest BCUT2D eigenvalue weighted by atomic mass is 127. The van der Waals surface area contributed by atoms with Crippen molar-refractivity contribution in [2.75, 3.05) is 33.8 Å². The van der Waals surface area contributed by atoms with Gasteiger partial charge in [-0.3, -0.25) is 0 Å². The molecule has 0 aromatic heterocycles. The molecule has 2 unspecified atom stereocenters. The molecule has 0 N–H and O–H groups in total. The normalized spacial score (nSPS) is 16.8. The third-order valence-corrected chi connectivity index (χ3v) is 7.31. The van der Waals surface area contributed by atoms with Gasteiger partial charge >= 0.3 is 0 Å². The van der Waals surface area contributed by atoms with E-state index in [9.17, 15) is 8.78 Å². The second-order valence-corrected chi connectivity index (χ2v) is 10.9. The van der Waals surface area contributed by atoms with Gasteiger partial charge in [-0.15, -0.1) is 0 Å². The average Bonchev–Trinajstić information content (AvgIpc) is 2.77. The number of ether oxygens (including phenoxy) is 1. The Bertz CT molecular complexity index is 1020. The predicted octanol–water partition coefficient (Wildman–Crippen LogP) is 4.66. The van der Waals surface area contributed by atoms with E-state index in [0.29, 0.717) is 25.4 Å². The van der Waals surface area contributed by atoms with Crippen LogP contribution in [0.25, 0.3) is 0 Å². The monoisotopic (exact) mass is 609 g/mol. The summed E-state index contributed by atoms with van der Waals surface area (Å²) in [5.41, 5.74) is 6.62. The van der Waals surface area contributed by atoms with Crippen LogP contribution in [0, 0.1) is 31.4 Å². The molecule has 2 aromatic carbocycles. The van der Waals surface area contributed by atoms with E-state index in [1.54, 1.807) is 0 Å². The number of aryl methyl sites for hydroxylation is 2. The third-order valence-electron chi connectivity index (χ3n) is 7.31. The largest absolute Gasteiger partial charge is 1.00 e. The average molecular weight is 610 g/mol. The van der Waals surface area contributed by atoms with Gasteiger partial charge in [0.2, 0.25) is 0 Å². The molecule has 0 aliphatic heterocycles. The Hall–Kier alpha value is -1.57. The molecule has 1 aliphatic rings. The molecule has 36 heavy (non-hydrogen) atoms. The van der Waals surface area contributed by atoms with Gasteiger partial charge in [0.15, 0.2) is 0 Å². The molecule has 3 rings (SSSR count). The van der Waals surface area contributed by atoms with Crippen molar-refractivity contribution in [3.63, 3.8) is 0 Å². The second-order valence-electron chi connectivity index (χ2n) is 10.9. The van der Waals surface area contributed by atoms with Gasteiger partial charge in [-0.05, 0) is 93.2 Å². The Morgan fingerprint density at radius 1 is 1.08 bits per heavy atom. The quantitative estimate of drug-likeness (QED) is 0.156. The van der Waals surface area contributed by atoms with Crippen molar-refractivity contribution in [3.8, 4) is 0 Å². The van der Waals surface area contributed by atoms with E-state index in [1.807, 2.05) is 0 Å². The number of halogens is 3. The summed E-state index contributed by atoms with van der Waals surface area (Å²) in [6.45, 7) is 12.8. The number of allylic oxidation sites excluding steroid dienone is 2. The first-order valence-electron chi connectivity index (χ1n) is 12.8. The van der Waals surface area contributed by atoms with Crippen LogP contribution in [0.3, 0.4) is 0 Å². The van der Waals surface area contributed by atoms with E-state index in [4.69, 9.17) is 4.74 Å². The third kappa shape index (κ3) is 8.49. The van der Waals surface area contributed by atoms with E-state index >= 15 is 0 Å². The van der Waals surface area contributed by atoms with Gasteiger partial charge in [0.1, 0.15) is 24.3 Å². The molecule has 0 spiro atoms. The number of rotatable bonds is 11. The van der Waals surface area contributed by atoms with Gasteiger partial charge < -0.3 is 33.2 Å². The van der Waals surface area contributed by atoms with Gasteiger partial charge in [-0.25, -0.2) is 8.78 Å². The summed E-state index contributed by atoms with van der Waals surface area (Å²) < 4.78 is 35.4. The number of hydrogen-bond acceptors (Lipinski definition) is 1. The lowest BCUT2D eigenvalue weighted by atomic mass is 9.85. The van der Waals surface area contributed by atoms with Crippen LogP contribution in [0.15, 0.2) is 60.2 Å². The number of nitrogens with zero attached hydrogens (tertiary/aromatic N) is 1. The SMILES string of the molecule is C=C(C)C1CC=C(C[N+](C)(C)CC(OCCCc2c(F)cccc2F)c2c(C)cccc2C)CC1.[I-]. The van der Waals surface area contributed by atoms with Crippen LogP contribution in [-0.4, -0.2) is 38.3 Å². The summed E-state index contributed by atoms with van der Waals surface area (Å²) in [5.74, 6) is -0.355. The molecule has 2 atom stereocenters. The summed E-state index contributed by atoms with van der Waals surface area (Å²) in [5, 5.41) is 0. The molecule has 0 heterocycles. The summed E-state index contributed by atoms with van der Waals surface area (Å²) >= 11 is 0. The molecule has 0 saturated heterocycles. The summed E-state index contributed by atoms with van der Waals surface area (Å²) in [4.78, 5) is 0. The number of likely N-dealkylation sites (N-methyl/N-ethyl adjacent to an activating group) is 1. The molecule has 0 fully saturated rings. The molecule has 0 saturated carbocycles. The predicted molar refractivity (Wildman–Crippen MR) is 141 cm³/mol. The summed E-state index contributed by atoms with van der Waals surface area (Å²) in [6, 6.07) is 10.4. The lowest BCUT2D eigenvalue weighted by Crippen LogP contribution is -3.00. The van der Waals surface area contributed by atoms with E-state index < -0.39 is 11.6 Å². The molecule has 2 aromatic rings. The Morgan fingerprint density at radius 3 is 2.25 bits per heavy atom. The van der Waals surface area contributed by atoms with Crippen molar-refractivity contribution < 1.29 is 42.0 Å². The zero-order valence-electron chi connectivity index (χ0n) is 22.5. The number of quaternary nitrogens is 1. The van der Waals surface area contributed by atoms with Crippen LogP contribution in [-0.2, 0) is 11.2 Å². The molecule has 5 heteroatoms. The Labute approximate surface area is 234 Å². The first kappa shape index (κ1) is 30.7. The number of benzene rings is 2. The summed E-state index contributed by atoms with van der Waals surface area (Å²) in [7, 11) is 4.54. The minimum atomic E-state index is -0.483. The topological polar surface area (TPSA) is 9.23 Å². The van der Waals surface area contributed by atoms with Crippen LogP contribution >= 0.6 is 0 Å². The van der Waals surface area contributed by atoms with Crippen LogP contribution < -0.4 is 24.0 Å². The molecule has 0 radical (unpaired) electrons. The maximum atomic E-state index is 14.0. The van der Waals surface area contributed by atoms with E-state index in [1.165, 1.54) is 52.5 Å². The highest BCUT2D eigenvalue weighted by molar-refractivity contribution is 5.35. The lowest BCUT2D eigenvalue weighted by Gasteiger charge is -2.36. The fourth-order valence-electron chi connectivity index (χ4n) is 5.35. The van der Waals surface area contributed by atoms with Crippen molar-refractivity contribution in [2.45, 2.75) is 59.0 Å². The fraction of sp³-hybridized carbons (Fsp3) is 0.484. The van der Waals surface area contributed by atoms with Crippen molar-refractivity contribution in [3.05, 3.63) is 94.1 Å². The highest BCUT2D eigenvalue weighted by Crippen LogP contribution is 2.31. The van der Waals surface area contributed by atoms with Gasteiger partial charge in [0.25, 0.3) is 0 Å². The van der Waals surface area contributed by atoms with Crippen LogP contribution in [0.5, 0.6) is 0 Å². The smallest absolute Gasteiger partial charge is 0.132 e. The standard InChI is InChI=1S/C31H42F2NO.HI/c1-22(2)26-17-15-25(16-18-26)20-34(5,6)21-30(31-23(3)10-7-11-24(31)4)35-19-9-12-27-28(32)13-8-14-29(27)33;/h7-8,10-11,13-15,26,30H,1,9,12,16-21H2,2-6H3;1H/q+1;/p-1. The second kappa shape index (κ2) is 13.8. The lowest BCUT2D eigenvalue weighted by molar-refractivity contribution is -0.889. The van der Waals surface area contributed by atoms with Gasteiger partial charge in [-0.1, -0.05) is 42.5 Å². The first-order valence-corrected chi connectivity index (χ1v) is 12.8. The molecule has 198 valence electrons. The van der Waals surface area contributed by atoms with E-state index in [2.05, 4.69) is 65.7 Å². The van der Waals surface area contributed by atoms with Crippen molar-refractivity contribution in [2.24, 2.45) is 5.92 Å². The highest BCUT2D eigenvalue weighted by Gasteiger charge is 2.28. The Kier molecular flexibility index (Phi) is 11.8. The first-order chi connectivity index (χ1) is 16.6. The minimum Gasteiger partial charge on any atom is -1.00 e. The molecule has 0 bridgehead atoms. The molecular formula is C31H42F2INO. The molecule has 2 nitrogen and oxygen atoms in total. The molecular weight excluding hydrogens is 567 g/mol. The Morgan fingerprint density at radius 2 is 1.69 bits per heavy atom. The number of hydrogen-bond donors (Lipinski definition) is 0. The van der Waals surface area contributed by atoms with E-state index in [-0.39, 0.29) is 35.6 Å². The van der Waals surface area contributed by atoms with Gasteiger partial charge in [0.05, 0.1) is 20.6 Å².